The number of rotatable bonds is 9. The third-order valence-electron chi connectivity index (χ3n) is 3.06. The second-order valence-electron chi connectivity index (χ2n) is 4.70. The van der Waals surface area contributed by atoms with Crippen molar-refractivity contribution >= 4 is 21.7 Å². The molecule has 1 aromatic carbocycles. The summed E-state index contributed by atoms with van der Waals surface area (Å²) in [5.74, 6) is 1.29. The van der Waals surface area contributed by atoms with E-state index in [0.717, 1.165) is 22.9 Å². The first-order chi connectivity index (χ1) is 10.1. The van der Waals surface area contributed by atoms with Gasteiger partial charge in [0.1, 0.15) is 6.10 Å². The molecule has 0 aliphatic carbocycles. The van der Waals surface area contributed by atoms with E-state index in [0.29, 0.717) is 24.5 Å². The van der Waals surface area contributed by atoms with Gasteiger partial charge in [0.05, 0.1) is 14.2 Å². The fourth-order valence-electron chi connectivity index (χ4n) is 2.04. The first-order valence-electron chi connectivity index (χ1n) is 7.14. The lowest BCUT2D eigenvalue weighted by molar-refractivity contribution is -0.131. The van der Waals surface area contributed by atoms with Crippen molar-refractivity contribution in [2.24, 2.45) is 0 Å². The standard InChI is InChI=1S/C16H23BrO4/c1-5-7-13(18)16(21-8-6-2)11-9-14(19-3)15(20-4)10-12(11)17/h9-10,16H,5-8H2,1-4H3. The summed E-state index contributed by atoms with van der Waals surface area (Å²) in [4.78, 5) is 12.3. The smallest absolute Gasteiger partial charge is 0.166 e. The summed E-state index contributed by atoms with van der Waals surface area (Å²) in [5.41, 5.74) is 0.777. The molecule has 1 unspecified atom stereocenters. The SMILES string of the molecule is CCCOC(C(=O)CCC)c1cc(OC)c(OC)cc1Br. The Hall–Kier alpha value is -1.07. The van der Waals surface area contributed by atoms with E-state index in [1.807, 2.05) is 13.8 Å². The summed E-state index contributed by atoms with van der Waals surface area (Å²) in [5, 5.41) is 0. The Bertz CT molecular complexity index is 474. The lowest BCUT2D eigenvalue weighted by Gasteiger charge is -2.20. The molecule has 1 atom stereocenters. The van der Waals surface area contributed by atoms with Gasteiger partial charge in [-0.05, 0) is 25.0 Å². The Labute approximate surface area is 134 Å². The molecule has 0 N–H and O–H groups in total. The molecule has 0 radical (unpaired) electrons. The van der Waals surface area contributed by atoms with Crippen molar-refractivity contribution in [2.75, 3.05) is 20.8 Å². The second-order valence-corrected chi connectivity index (χ2v) is 5.55. The second kappa shape index (κ2) is 9.05. The molecule has 118 valence electrons. The number of hydrogen-bond acceptors (Lipinski definition) is 4. The number of hydrogen-bond donors (Lipinski definition) is 0. The molecule has 0 saturated carbocycles. The largest absolute Gasteiger partial charge is 0.493 e. The van der Waals surface area contributed by atoms with Crippen LogP contribution in [0.2, 0.25) is 0 Å². The van der Waals surface area contributed by atoms with Gasteiger partial charge in [-0.1, -0.05) is 29.8 Å². The number of methoxy groups -OCH3 is 2. The van der Waals surface area contributed by atoms with Crippen LogP contribution in [0.3, 0.4) is 0 Å². The van der Waals surface area contributed by atoms with Crippen LogP contribution in [0.4, 0.5) is 0 Å². The van der Waals surface area contributed by atoms with E-state index in [1.54, 1.807) is 26.4 Å². The summed E-state index contributed by atoms with van der Waals surface area (Å²) < 4.78 is 17.1. The van der Waals surface area contributed by atoms with E-state index < -0.39 is 6.10 Å². The number of Topliss-reactive ketones (excluding diaryl/α,β-unsaturated/α-hetero) is 1. The van der Waals surface area contributed by atoms with Crippen LogP contribution < -0.4 is 9.47 Å². The Morgan fingerprint density at radius 3 is 2.29 bits per heavy atom. The molecule has 4 nitrogen and oxygen atoms in total. The van der Waals surface area contributed by atoms with Crippen molar-refractivity contribution in [2.45, 2.75) is 39.2 Å². The molecule has 0 fully saturated rings. The Morgan fingerprint density at radius 1 is 1.14 bits per heavy atom. The van der Waals surface area contributed by atoms with Gasteiger partial charge >= 0.3 is 0 Å². The number of carbonyl (C=O) groups excluding carboxylic acids is 1. The maximum absolute atomic E-state index is 12.3. The van der Waals surface area contributed by atoms with Crippen LogP contribution in [0.15, 0.2) is 16.6 Å². The summed E-state index contributed by atoms with van der Waals surface area (Å²) in [6.07, 6.45) is 1.59. The monoisotopic (exact) mass is 358 g/mol. The Balaban J connectivity index is 3.19. The Morgan fingerprint density at radius 2 is 1.76 bits per heavy atom. The molecular formula is C16H23BrO4. The molecule has 0 saturated heterocycles. The van der Waals surface area contributed by atoms with Crippen LogP contribution in [0, 0.1) is 0 Å². The van der Waals surface area contributed by atoms with Crippen LogP contribution >= 0.6 is 15.9 Å². The highest BCUT2D eigenvalue weighted by Crippen LogP contribution is 2.37. The van der Waals surface area contributed by atoms with Crippen LogP contribution in [0.1, 0.15) is 44.8 Å². The minimum atomic E-state index is -0.570. The van der Waals surface area contributed by atoms with Gasteiger partial charge in [-0.15, -0.1) is 0 Å². The van der Waals surface area contributed by atoms with Gasteiger partial charge in [-0.25, -0.2) is 0 Å². The summed E-state index contributed by atoms with van der Waals surface area (Å²) in [6.45, 7) is 4.55. The first kappa shape index (κ1) is 18.0. The van der Waals surface area contributed by atoms with Crippen LogP contribution in [0.5, 0.6) is 11.5 Å². The van der Waals surface area contributed by atoms with E-state index in [1.165, 1.54) is 0 Å². The molecule has 5 heteroatoms. The zero-order chi connectivity index (χ0) is 15.8. The predicted octanol–water partition coefficient (Wildman–Crippen LogP) is 4.30. The molecule has 0 aliphatic rings. The molecule has 0 spiro atoms. The fraction of sp³-hybridized carbons (Fsp3) is 0.562. The quantitative estimate of drug-likeness (QED) is 0.659. The number of ketones is 1. The molecule has 0 aliphatic heterocycles. The van der Waals surface area contributed by atoms with Crippen molar-refractivity contribution < 1.29 is 19.0 Å². The molecule has 1 aromatic rings. The lowest BCUT2D eigenvalue weighted by Crippen LogP contribution is -2.17. The van der Waals surface area contributed by atoms with Gasteiger partial charge in [0.25, 0.3) is 0 Å². The predicted molar refractivity (Wildman–Crippen MR) is 86.1 cm³/mol. The average Bonchev–Trinajstić information content (AvgIpc) is 2.48. The van der Waals surface area contributed by atoms with Gasteiger partial charge in [0.15, 0.2) is 17.3 Å². The minimum absolute atomic E-state index is 0.0823. The van der Waals surface area contributed by atoms with Crippen molar-refractivity contribution in [3.05, 3.63) is 22.2 Å². The highest BCUT2D eigenvalue weighted by molar-refractivity contribution is 9.10. The van der Waals surface area contributed by atoms with Gasteiger partial charge in [-0.3, -0.25) is 4.79 Å². The van der Waals surface area contributed by atoms with E-state index in [2.05, 4.69) is 15.9 Å². The molecule has 21 heavy (non-hydrogen) atoms. The number of ether oxygens (including phenoxy) is 3. The molecule has 1 rings (SSSR count). The van der Waals surface area contributed by atoms with Crippen LogP contribution in [-0.4, -0.2) is 26.6 Å². The van der Waals surface area contributed by atoms with Crippen LogP contribution in [0.25, 0.3) is 0 Å². The molecule has 0 bridgehead atoms. The maximum atomic E-state index is 12.3. The highest BCUT2D eigenvalue weighted by atomic mass is 79.9. The van der Waals surface area contributed by atoms with Gasteiger partial charge in [-0.2, -0.15) is 0 Å². The van der Waals surface area contributed by atoms with E-state index in [9.17, 15) is 4.79 Å². The van der Waals surface area contributed by atoms with E-state index in [4.69, 9.17) is 14.2 Å². The fourth-order valence-corrected chi connectivity index (χ4v) is 2.57. The molecule has 0 aromatic heterocycles. The van der Waals surface area contributed by atoms with Crippen molar-refractivity contribution in [1.29, 1.82) is 0 Å². The summed E-state index contributed by atoms with van der Waals surface area (Å²) in [7, 11) is 3.16. The molecule has 0 amide bonds. The first-order valence-corrected chi connectivity index (χ1v) is 7.94. The molecular weight excluding hydrogens is 336 g/mol. The van der Waals surface area contributed by atoms with Gasteiger partial charge < -0.3 is 14.2 Å². The lowest BCUT2D eigenvalue weighted by atomic mass is 10.0. The zero-order valence-corrected chi connectivity index (χ0v) is 14.7. The van der Waals surface area contributed by atoms with Gasteiger partial charge in [0.2, 0.25) is 0 Å². The number of carbonyl (C=O) groups is 1. The van der Waals surface area contributed by atoms with Gasteiger partial charge in [0, 0.05) is 23.1 Å². The van der Waals surface area contributed by atoms with Crippen molar-refractivity contribution in [3.8, 4) is 11.5 Å². The maximum Gasteiger partial charge on any atom is 0.166 e. The van der Waals surface area contributed by atoms with Crippen LogP contribution in [-0.2, 0) is 9.53 Å². The topological polar surface area (TPSA) is 44.8 Å². The average molecular weight is 359 g/mol. The van der Waals surface area contributed by atoms with E-state index in [-0.39, 0.29) is 5.78 Å². The summed E-state index contributed by atoms with van der Waals surface area (Å²) in [6, 6.07) is 3.60. The number of benzene rings is 1. The van der Waals surface area contributed by atoms with Crippen molar-refractivity contribution in [3.63, 3.8) is 0 Å². The minimum Gasteiger partial charge on any atom is -0.493 e. The molecule has 0 heterocycles. The third kappa shape index (κ3) is 4.71. The number of halogens is 1. The normalized spacial score (nSPS) is 12.0. The third-order valence-corrected chi connectivity index (χ3v) is 3.75. The van der Waals surface area contributed by atoms with Crippen molar-refractivity contribution in [1.82, 2.24) is 0 Å². The highest BCUT2D eigenvalue weighted by Gasteiger charge is 2.24. The Kier molecular flexibility index (Phi) is 7.75. The van der Waals surface area contributed by atoms with E-state index >= 15 is 0 Å². The summed E-state index contributed by atoms with van der Waals surface area (Å²) >= 11 is 3.50. The zero-order valence-electron chi connectivity index (χ0n) is 13.1.